The average molecular weight is 408 g/mol. The van der Waals surface area contributed by atoms with Crippen molar-refractivity contribution in [3.8, 4) is 5.75 Å². The molecule has 3 rings (SSSR count). The maximum Gasteiger partial charge on any atom is 0.121 e. The third kappa shape index (κ3) is 6.27. The zero-order chi connectivity index (χ0) is 21.0. The number of benzene rings is 2. The Balaban J connectivity index is 1.64. The van der Waals surface area contributed by atoms with Crippen LogP contribution in [0.1, 0.15) is 90.9 Å². The number of fused-ring (bicyclic) bond motifs is 3. The number of ether oxygens (including phenoxy) is 1. The molecule has 2 heteroatoms. The smallest absolute Gasteiger partial charge is 0.121 e. The van der Waals surface area contributed by atoms with Crippen molar-refractivity contribution in [1.82, 2.24) is 4.57 Å². The molecule has 0 unspecified atom stereocenters. The van der Waals surface area contributed by atoms with E-state index in [4.69, 9.17) is 4.74 Å². The minimum atomic E-state index is 0.829. The molecule has 1 heterocycles. The summed E-state index contributed by atoms with van der Waals surface area (Å²) in [5.41, 5.74) is 2.68. The van der Waals surface area contributed by atoms with Gasteiger partial charge in [0, 0.05) is 28.9 Å². The van der Waals surface area contributed by atoms with E-state index in [2.05, 4.69) is 60.9 Å². The van der Waals surface area contributed by atoms with Gasteiger partial charge in [-0.25, -0.2) is 0 Å². The van der Waals surface area contributed by atoms with Gasteiger partial charge in [-0.1, -0.05) is 96.3 Å². The lowest BCUT2D eigenvalue weighted by molar-refractivity contribution is 0.304. The van der Waals surface area contributed by atoms with Gasteiger partial charge in [0.2, 0.25) is 0 Å². The summed E-state index contributed by atoms with van der Waals surface area (Å²) in [5, 5.41) is 2.71. The first-order valence-electron chi connectivity index (χ1n) is 12.5. The van der Waals surface area contributed by atoms with Gasteiger partial charge in [0.15, 0.2) is 0 Å². The van der Waals surface area contributed by atoms with Crippen LogP contribution in [0.3, 0.4) is 0 Å². The Labute approximate surface area is 183 Å². The Morgan fingerprint density at radius 3 is 2.03 bits per heavy atom. The molecule has 0 aliphatic rings. The quantitative estimate of drug-likeness (QED) is 0.229. The summed E-state index contributed by atoms with van der Waals surface area (Å²) < 4.78 is 8.64. The van der Waals surface area contributed by atoms with Crippen LogP contribution < -0.4 is 4.74 Å². The van der Waals surface area contributed by atoms with Gasteiger partial charge in [-0.3, -0.25) is 0 Å². The molecular weight excluding hydrogens is 366 g/mol. The van der Waals surface area contributed by atoms with E-state index in [1.165, 1.54) is 92.4 Å². The van der Waals surface area contributed by atoms with E-state index in [1.807, 2.05) is 0 Å². The predicted molar refractivity (Wildman–Crippen MR) is 132 cm³/mol. The van der Waals surface area contributed by atoms with Gasteiger partial charge in [-0.15, -0.1) is 0 Å². The molecule has 0 atom stereocenters. The van der Waals surface area contributed by atoms with E-state index in [-0.39, 0.29) is 0 Å². The van der Waals surface area contributed by atoms with E-state index >= 15 is 0 Å². The van der Waals surface area contributed by atoms with Crippen molar-refractivity contribution in [1.29, 1.82) is 0 Å². The van der Waals surface area contributed by atoms with Crippen LogP contribution in [0.2, 0.25) is 0 Å². The van der Waals surface area contributed by atoms with Crippen LogP contribution in [0.5, 0.6) is 5.75 Å². The van der Waals surface area contributed by atoms with Crippen molar-refractivity contribution in [2.75, 3.05) is 6.61 Å². The summed E-state index contributed by atoms with van der Waals surface area (Å²) in [6.45, 7) is 6.47. The lowest BCUT2D eigenvalue weighted by Gasteiger charge is -2.10. The highest BCUT2D eigenvalue weighted by Crippen LogP contribution is 2.32. The number of para-hydroxylation sites is 1. The molecule has 2 aromatic carbocycles. The van der Waals surface area contributed by atoms with E-state index in [0.717, 1.165) is 25.3 Å². The molecule has 0 fully saturated rings. The van der Waals surface area contributed by atoms with Crippen LogP contribution in [0.15, 0.2) is 42.5 Å². The number of rotatable bonds is 15. The van der Waals surface area contributed by atoms with Gasteiger partial charge in [-0.05, 0) is 31.0 Å². The molecular formula is C28H41NO. The summed E-state index contributed by atoms with van der Waals surface area (Å²) in [7, 11) is 0. The van der Waals surface area contributed by atoms with Crippen LogP contribution in [0.4, 0.5) is 0 Å². The normalized spacial score (nSPS) is 11.5. The van der Waals surface area contributed by atoms with Crippen molar-refractivity contribution in [3.63, 3.8) is 0 Å². The molecule has 0 spiro atoms. The number of unbranched alkanes of at least 4 members (excludes halogenated alkanes) is 10. The number of aromatic nitrogens is 1. The van der Waals surface area contributed by atoms with E-state index in [9.17, 15) is 0 Å². The Morgan fingerprint density at radius 1 is 0.633 bits per heavy atom. The number of hydrogen-bond donors (Lipinski definition) is 0. The Kier molecular flexibility index (Phi) is 9.60. The van der Waals surface area contributed by atoms with Gasteiger partial charge >= 0.3 is 0 Å². The second kappa shape index (κ2) is 12.7. The highest BCUT2D eigenvalue weighted by Gasteiger charge is 2.11. The number of nitrogens with zero attached hydrogens (tertiary/aromatic N) is 1. The minimum Gasteiger partial charge on any atom is -0.494 e. The fourth-order valence-electron chi connectivity index (χ4n) is 4.48. The fraction of sp³-hybridized carbons (Fsp3) is 0.571. The summed E-state index contributed by atoms with van der Waals surface area (Å²) in [5.74, 6) is 1.02. The second-order valence-electron chi connectivity index (χ2n) is 8.73. The van der Waals surface area contributed by atoms with Crippen LogP contribution >= 0.6 is 0 Å². The van der Waals surface area contributed by atoms with Crippen LogP contribution in [0, 0.1) is 0 Å². The summed E-state index contributed by atoms with van der Waals surface area (Å²) in [6.07, 6.45) is 15.8. The standard InChI is InChI=1S/C28H41NO/c1-3-5-7-9-11-15-21-29-27-18-14-13-17-25(27)26-20-19-24(23-28(26)29)30-22-16-12-10-8-6-4-2/h13-14,17-20,23H,3-12,15-16,21-22H2,1-2H3. The fourth-order valence-corrected chi connectivity index (χ4v) is 4.48. The maximum absolute atomic E-state index is 6.13. The van der Waals surface area contributed by atoms with Crippen LogP contribution in [0.25, 0.3) is 21.8 Å². The van der Waals surface area contributed by atoms with Gasteiger partial charge in [0.05, 0.1) is 12.1 Å². The first-order chi connectivity index (χ1) is 14.8. The van der Waals surface area contributed by atoms with Gasteiger partial charge < -0.3 is 9.30 Å². The highest BCUT2D eigenvalue weighted by molar-refractivity contribution is 6.08. The van der Waals surface area contributed by atoms with E-state index in [1.54, 1.807) is 0 Å². The lowest BCUT2D eigenvalue weighted by Crippen LogP contribution is -2.00. The minimum absolute atomic E-state index is 0.829. The Bertz CT molecular complexity index is 879. The molecule has 2 nitrogen and oxygen atoms in total. The lowest BCUT2D eigenvalue weighted by atomic mass is 10.1. The predicted octanol–water partition coefficient (Wildman–Crippen LogP) is 8.89. The number of aryl methyl sites for hydroxylation is 1. The molecule has 164 valence electrons. The molecule has 3 aromatic rings. The first kappa shape index (κ1) is 22.7. The summed E-state index contributed by atoms with van der Waals surface area (Å²) in [6, 6.07) is 15.5. The van der Waals surface area contributed by atoms with Crippen LogP contribution in [-0.4, -0.2) is 11.2 Å². The third-order valence-corrected chi connectivity index (χ3v) is 6.25. The van der Waals surface area contributed by atoms with Crippen molar-refractivity contribution in [3.05, 3.63) is 42.5 Å². The number of hydrogen-bond acceptors (Lipinski definition) is 1. The first-order valence-corrected chi connectivity index (χ1v) is 12.5. The largest absolute Gasteiger partial charge is 0.494 e. The van der Waals surface area contributed by atoms with Crippen LogP contribution in [-0.2, 0) is 6.54 Å². The molecule has 0 aliphatic carbocycles. The molecule has 0 aliphatic heterocycles. The Hall–Kier alpha value is -1.96. The highest BCUT2D eigenvalue weighted by atomic mass is 16.5. The molecule has 30 heavy (non-hydrogen) atoms. The van der Waals surface area contributed by atoms with Crippen molar-refractivity contribution >= 4 is 21.8 Å². The van der Waals surface area contributed by atoms with E-state index < -0.39 is 0 Å². The molecule has 0 amide bonds. The Morgan fingerprint density at radius 2 is 1.27 bits per heavy atom. The topological polar surface area (TPSA) is 14.2 Å². The van der Waals surface area contributed by atoms with Gasteiger partial charge in [0.25, 0.3) is 0 Å². The van der Waals surface area contributed by atoms with Crippen molar-refractivity contribution in [2.24, 2.45) is 0 Å². The molecule has 0 saturated carbocycles. The van der Waals surface area contributed by atoms with E-state index in [0.29, 0.717) is 0 Å². The zero-order valence-electron chi connectivity index (χ0n) is 19.3. The maximum atomic E-state index is 6.13. The molecule has 0 N–H and O–H groups in total. The van der Waals surface area contributed by atoms with Gasteiger partial charge in [0.1, 0.15) is 5.75 Å². The molecule has 0 radical (unpaired) electrons. The molecule has 1 aromatic heterocycles. The average Bonchev–Trinajstić information content (AvgIpc) is 3.08. The monoisotopic (exact) mass is 407 g/mol. The summed E-state index contributed by atoms with van der Waals surface area (Å²) >= 11 is 0. The zero-order valence-corrected chi connectivity index (χ0v) is 19.3. The molecule has 0 saturated heterocycles. The SMILES string of the molecule is CCCCCCCCOc1ccc2c3ccccc3n(CCCCCCCC)c2c1. The van der Waals surface area contributed by atoms with Crippen molar-refractivity contribution < 1.29 is 4.74 Å². The van der Waals surface area contributed by atoms with Gasteiger partial charge in [-0.2, -0.15) is 0 Å². The molecule has 0 bridgehead atoms. The summed E-state index contributed by atoms with van der Waals surface area (Å²) in [4.78, 5) is 0. The van der Waals surface area contributed by atoms with Crippen molar-refractivity contribution in [2.45, 2.75) is 97.4 Å². The third-order valence-electron chi connectivity index (χ3n) is 6.25. The second-order valence-corrected chi connectivity index (χ2v) is 8.73.